The van der Waals surface area contributed by atoms with Gasteiger partial charge in [-0.2, -0.15) is 0 Å². The predicted molar refractivity (Wildman–Crippen MR) is 78.4 cm³/mol. The second-order valence-corrected chi connectivity index (χ2v) is 5.95. The smallest absolute Gasteiger partial charge is 0.417 e. The van der Waals surface area contributed by atoms with Gasteiger partial charge in [-0.05, 0) is 25.5 Å². The number of likely N-dealkylation sites (tertiary alicyclic amines) is 1. The van der Waals surface area contributed by atoms with E-state index in [-0.39, 0.29) is 24.3 Å². The molecule has 2 saturated heterocycles. The number of hydrogen-bond acceptors (Lipinski definition) is 4. The van der Waals surface area contributed by atoms with Crippen molar-refractivity contribution in [2.75, 3.05) is 26.2 Å². The number of aryl methyl sites for hydroxylation is 2. The molecule has 2 fully saturated rings. The van der Waals surface area contributed by atoms with Crippen LogP contribution < -0.4 is 0 Å². The van der Waals surface area contributed by atoms with Crippen LogP contribution in [0.4, 0.5) is 4.79 Å². The lowest BCUT2D eigenvalue weighted by atomic mass is 9.96. The van der Waals surface area contributed by atoms with E-state index in [1.54, 1.807) is 4.90 Å². The fourth-order valence-corrected chi connectivity index (χ4v) is 2.89. The Labute approximate surface area is 128 Å². The third-order valence-electron chi connectivity index (χ3n) is 4.14. The van der Waals surface area contributed by atoms with Crippen LogP contribution in [0.15, 0.2) is 18.2 Å². The van der Waals surface area contributed by atoms with Gasteiger partial charge in [0.1, 0.15) is 0 Å². The number of rotatable bonds is 3. The van der Waals surface area contributed by atoms with Crippen LogP contribution in [0.2, 0.25) is 0 Å². The molecule has 3 rings (SSSR count). The Bertz CT molecular complexity index is 634. The Morgan fingerprint density at radius 2 is 2.00 bits per heavy atom. The Hall–Kier alpha value is -2.37. The van der Waals surface area contributed by atoms with Crippen molar-refractivity contribution in [2.24, 2.45) is 5.92 Å². The molecule has 0 aromatic heterocycles. The lowest BCUT2D eigenvalue weighted by Crippen LogP contribution is -2.54. The number of hydrogen-bond donors (Lipinski definition) is 0. The Morgan fingerprint density at radius 3 is 2.59 bits per heavy atom. The van der Waals surface area contributed by atoms with Crippen LogP contribution in [-0.4, -0.2) is 53.9 Å². The molecule has 0 spiro atoms. The van der Waals surface area contributed by atoms with Crippen LogP contribution in [0.3, 0.4) is 0 Å². The fraction of sp³-hybridized carbons (Fsp3) is 0.438. The summed E-state index contributed by atoms with van der Waals surface area (Å²) in [5.41, 5.74) is 2.80. The van der Waals surface area contributed by atoms with Gasteiger partial charge in [-0.15, -0.1) is 0 Å². The summed E-state index contributed by atoms with van der Waals surface area (Å²) in [6.07, 6.45) is -0.579. The molecule has 1 aromatic rings. The highest BCUT2D eigenvalue weighted by atomic mass is 16.6. The number of amides is 3. The summed E-state index contributed by atoms with van der Waals surface area (Å²) in [6.45, 7) is 5.20. The van der Waals surface area contributed by atoms with E-state index in [2.05, 4.69) is 4.74 Å². The van der Waals surface area contributed by atoms with Crippen molar-refractivity contribution in [3.8, 4) is 0 Å². The Balaban J connectivity index is 1.58. The SMILES string of the molecule is Cc1ccc(C(=O)N2CC(CN3C(=O)COC3=O)C2)c(C)c1. The Morgan fingerprint density at radius 1 is 1.27 bits per heavy atom. The molecule has 6 nitrogen and oxygen atoms in total. The van der Waals surface area contributed by atoms with Gasteiger partial charge in [0.15, 0.2) is 6.61 Å². The van der Waals surface area contributed by atoms with E-state index >= 15 is 0 Å². The summed E-state index contributed by atoms with van der Waals surface area (Å²) >= 11 is 0. The van der Waals surface area contributed by atoms with Crippen molar-refractivity contribution >= 4 is 17.9 Å². The molecule has 0 radical (unpaired) electrons. The number of imide groups is 1. The van der Waals surface area contributed by atoms with Crippen LogP contribution in [0.25, 0.3) is 0 Å². The molecule has 1 aromatic carbocycles. The van der Waals surface area contributed by atoms with Gasteiger partial charge in [0.2, 0.25) is 0 Å². The van der Waals surface area contributed by atoms with Crippen LogP contribution in [0.5, 0.6) is 0 Å². The molecular formula is C16H18N2O4. The molecule has 0 saturated carbocycles. The minimum absolute atomic E-state index is 0.00377. The molecule has 0 bridgehead atoms. The van der Waals surface area contributed by atoms with Crippen molar-refractivity contribution < 1.29 is 19.1 Å². The summed E-state index contributed by atoms with van der Waals surface area (Å²) in [7, 11) is 0. The van der Waals surface area contributed by atoms with Gasteiger partial charge in [-0.1, -0.05) is 17.7 Å². The molecule has 0 aliphatic carbocycles. The maximum atomic E-state index is 12.4. The normalized spacial score (nSPS) is 18.5. The van der Waals surface area contributed by atoms with Gasteiger partial charge in [0, 0.05) is 31.1 Å². The number of benzene rings is 1. The number of carbonyl (C=O) groups excluding carboxylic acids is 3. The summed E-state index contributed by atoms with van der Waals surface area (Å²) in [4.78, 5) is 38.1. The highest BCUT2D eigenvalue weighted by Gasteiger charge is 2.38. The maximum Gasteiger partial charge on any atom is 0.417 e. The third-order valence-corrected chi connectivity index (χ3v) is 4.14. The zero-order valence-corrected chi connectivity index (χ0v) is 12.7. The zero-order chi connectivity index (χ0) is 15.9. The summed E-state index contributed by atoms with van der Waals surface area (Å²) < 4.78 is 4.67. The first-order chi connectivity index (χ1) is 10.5. The molecule has 2 heterocycles. The van der Waals surface area contributed by atoms with E-state index in [1.165, 1.54) is 0 Å². The number of ether oxygens (including phenoxy) is 1. The Kier molecular flexibility index (Phi) is 3.60. The second-order valence-electron chi connectivity index (χ2n) is 5.95. The van der Waals surface area contributed by atoms with Crippen LogP contribution in [0.1, 0.15) is 21.5 Å². The minimum Gasteiger partial charge on any atom is -0.439 e. The zero-order valence-electron chi connectivity index (χ0n) is 12.7. The highest BCUT2D eigenvalue weighted by Crippen LogP contribution is 2.23. The lowest BCUT2D eigenvalue weighted by Gasteiger charge is -2.40. The largest absolute Gasteiger partial charge is 0.439 e. The quantitative estimate of drug-likeness (QED) is 0.845. The predicted octanol–water partition coefficient (Wildman–Crippen LogP) is 1.35. The van der Waals surface area contributed by atoms with Gasteiger partial charge in [0.05, 0.1) is 0 Å². The first-order valence-electron chi connectivity index (χ1n) is 7.29. The highest BCUT2D eigenvalue weighted by molar-refractivity contribution is 5.98. The standard InChI is InChI=1S/C16H18N2O4/c1-10-3-4-13(11(2)5-10)15(20)17-6-12(7-17)8-18-14(19)9-22-16(18)21/h3-5,12H,6-9H2,1-2H3. The molecule has 116 valence electrons. The molecular weight excluding hydrogens is 284 g/mol. The summed E-state index contributed by atoms with van der Waals surface area (Å²) in [5, 5.41) is 0. The fourth-order valence-electron chi connectivity index (χ4n) is 2.89. The summed E-state index contributed by atoms with van der Waals surface area (Å²) in [5.74, 6) is -0.169. The molecule has 0 N–H and O–H groups in total. The molecule has 0 unspecified atom stereocenters. The molecule has 0 atom stereocenters. The van der Waals surface area contributed by atoms with Crippen molar-refractivity contribution in [3.63, 3.8) is 0 Å². The van der Waals surface area contributed by atoms with E-state index in [0.717, 1.165) is 16.0 Å². The van der Waals surface area contributed by atoms with Gasteiger partial charge in [-0.3, -0.25) is 9.59 Å². The van der Waals surface area contributed by atoms with E-state index in [1.807, 2.05) is 32.0 Å². The van der Waals surface area contributed by atoms with Crippen LogP contribution >= 0.6 is 0 Å². The van der Waals surface area contributed by atoms with E-state index in [9.17, 15) is 14.4 Å². The second kappa shape index (κ2) is 5.44. The lowest BCUT2D eigenvalue weighted by molar-refractivity contribution is -0.126. The van der Waals surface area contributed by atoms with Gasteiger partial charge < -0.3 is 9.64 Å². The maximum absolute atomic E-state index is 12.4. The van der Waals surface area contributed by atoms with Crippen molar-refractivity contribution in [1.29, 1.82) is 0 Å². The van der Waals surface area contributed by atoms with Crippen LogP contribution in [0, 0.1) is 19.8 Å². The van der Waals surface area contributed by atoms with Gasteiger partial charge >= 0.3 is 6.09 Å². The first kappa shape index (κ1) is 14.6. The molecule has 22 heavy (non-hydrogen) atoms. The van der Waals surface area contributed by atoms with E-state index < -0.39 is 6.09 Å². The topological polar surface area (TPSA) is 66.9 Å². The van der Waals surface area contributed by atoms with Crippen LogP contribution in [-0.2, 0) is 9.53 Å². The van der Waals surface area contributed by atoms with Crippen molar-refractivity contribution in [2.45, 2.75) is 13.8 Å². The molecule has 3 amide bonds. The van der Waals surface area contributed by atoms with Gasteiger partial charge in [0.25, 0.3) is 11.8 Å². The van der Waals surface area contributed by atoms with Gasteiger partial charge in [-0.25, -0.2) is 9.69 Å². The van der Waals surface area contributed by atoms with Crippen molar-refractivity contribution in [1.82, 2.24) is 9.80 Å². The third kappa shape index (κ3) is 2.56. The molecule has 6 heteroatoms. The molecule has 2 aliphatic rings. The average molecular weight is 302 g/mol. The monoisotopic (exact) mass is 302 g/mol. The number of carbonyl (C=O) groups is 3. The average Bonchev–Trinajstić information content (AvgIpc) is 2.72. The summed E-state index contributed by atoms with van der Waals surface area (Å²) in [6, 6.07) is 5.77. The molecule has 2 aliphatic heterocycles. The van der Waals surface area contributed by atoms with E-state index in [0.29, 0.717) is 25.2 Å². The van der Waals surface area contributed by atoms with E-state index in [4.69, 9.17) is 0 Å². The number of cyclic esters (lactones) is 1. The minimum atomic E-state index is -0.579. The van der Waals surface area contributed by atoms with Crippen molar-refractivity contribution in [3.05, 3.63) is 34.9 Å². The first-order valence-corrected chi connectivity index (χ1v) is 7.29. The number of nitrogens with zero attached hydrogens (tertiary/aromatic N) is 2.